The molecule has 1 aromatic rings. The second kappa shape index (κ2) is 8.14. The second-order valence-corrected chi connectivity index (χ2v) is 15.4. The molecule has 0 spiro atoms. The van der Waals surface area contributed by atoms with Crippen LogP contribution in [0.25, 0.3) is 0 Å². The summed E-state index contributed by atoms with van der Waals surface area (Å²) in [5.41, 5.74) is 1.53. The predicted octanol–water partition coefficient (Wildman–Crippen LogP) is 2.94. The molecule has 7 nitrogen and oxygen atoms in total. The molecule has 0 aromatic carbocycles. The molecule has 0 radical (unpaired) electrons. The first-order chi connectivity index (χ1) is 12.3. The van der Waals surface area contributed by atoms with Gasteiger partial charge in [0.05, 0.1) is 13.2 Å². The van der Waals surface area contributed by atoms with Crippen LogP contribution in [-0.4, -0.2) is 59.3 Å². The molecular formula is C18H33N3O4SSi. The van der Waals surface area contributed by atoms with E-state index in [4.69, 9.17) is 9.16 Å². The van der Waals surface area contributed by atoms with Crippen LogP contribution in [0, 0.1) is 6.92 Å². The van der Waals surface area contributed by atoms with Gasteiger partial charge in [0.2, 0.25) is 15.0 Å². The normalized spacial score (nSPS) is 17.1. The third kappa shape index (κ3) is 5.49. The Labute approximate surface area is 164 Å². The lowest BCUT2D eigenvalue weighted by Gasteiger charge is -2.36. The molecule has 0 atom stereocenters. The van der Waals surface area contributed by atoms with Crippen LogP contribution < -0.4 is 4.90 Å². The lowest BCUT2D eigenvalue weighted by Crippen LogP contribution is -2.40. The van der Waals surface area contributed by atoms with Gasteiger partial charge < -0.3 is 14.1 Å². The summed E-state index contributed by atoms with van der Waals surface area (Å²) < 4.78 is 36.1. The fraction of sp³-hybridized carbons (Fsp3) is 0.778. The SMILES string of the molecule is Cc1nc(S(C)(=O)=O)nc(N2CCCOCC2)c1CO[Si](C)(C)C(C)(C)C. The maximum absolute atomic E-state index is 12.1. The number of hydrogen-bond acceptors (Lipinski definition) is 7. The Hall–Kier alpha value is -1.03. The van der Waals surface area contributed by atoms with Gasteiger partial charge >= 0.3 is 0 Å². The summed E-state index contributed by atoms with van der Waals surface area (Å²) in [4.78, 5) is 10.8. The number of ether oxygens (including phenoxy) is 1. The average molecular weight is 416 g/mol. The molecule has 0 saturated carbocycles. The molecule has 154 valence electrons. The highest BCUT2D eigenvalue weighted by Gasteiger charge is 2.37. The lowest BCUT2D eigenvalue weighted by atomic mass is 10.2. The smallest absolute Gasteiger partial charge is 0.248 e. The van der Waals surface area contributed by atoms with Gasteiger partial charge in [0, 0.05) is 37.2 Å². The standard InChI is InChI=1S/C18H33N3O4SSi/c1-14-15(13-25-27(6,7)18(2,3)4)16(20-17(19-14)26(5,22)23)21-9-8-11-24-12-10-21/h8-13H2,1-7H3. The van der Waals surface area contributed by atoms with Crippen molar-refractivity contribution >= 4 is 24.0 Å². The van der Waals surface area contributed by atoms with Crippen LogP contribution in [0.2, 0.25) is 18.1 Å². The van der Waals surface area contributed by atoms with Crippen molar-refractivity contribution in [3.05, 3.63) is 11.3 Å². The highest BCUT2D eigenvalue weighted by Crippen LogP contribution is 2.38. The Balaban J connectivity index is 2.45. The summed E-state index contributed by atoms with van der Waals surface area (Å²) in [5.74, 6) is 0.659. The molecule has 1 aliphatic heterocycles. The Kier molecular flexibility index (Phi) is 6.71. The minimum Gasteiger partial charge on any atom is -0.412 e. The molecule has 1 aromatic heterocycles. The van der Waals surface area contributed by atoms with E-state index in [9.17, 15) is 8.42 Å². The number of sulfone groups is 1. The predicted molar refractivity (Wildman–Crippen MR) is 110 cm³/mol. The highest BCUT2D eigenvalue weighted by atomic mass is 32.2. The number of aromatic nitrogens is 2. The number of hydrogen-bond donors (Lipinski definition) is 0. The molecule has 0 aliphatic carbocycles. The maximum Gasteiger partial charge on any atom is 0.248 e. The van der Waals surface area contributed by atoms with Crippen LogP contribution in [0.1, 0.15) is 38.4 Å². The second-order valence-electron chi connectivity index (χ2n) is 8.67. The number of anilines is 1. The molecule has 0 N–H and O–H groups in total. The molecule has 0 bridgehead atoms. The van der Waals surface area contributed by atoms with E-state index in [-0.39, 0.29) is 10.2 Å². The van der Waals surface area contributed by atoms with Crippen LogP contribution in [0.4, 0.5) is 5.82 Å². The van der Waals surface area contributed by atoms with Crippen LogP contribution in [-0.2, 0) is 25.6 Å². The number of nitrogens with zero attached hydrogens (tertiary/aromatic N) is 3. The van der Waals surface area contributed by atoms with Gasteiger partial charge in [-0.3, -0.25) is 0 Å². The Bertz CT molecular complexity index is 768. The van der Waals surface area contributed by atoms with E-state index in [0.717, 1.165) is 24.8 Å². The number of aryl methyl sites for hydroxylation is 1. The zero-order valence-corrected chi connectivity index (χ0v) is 19.4. The summed E-state index contributed by atoms with van der Waals surface area (Å²) in [5, 5.41) is -0.0401. The van der Waals surface area contributed by atoms with Gasteiger partial charge in [-0.25, -0.2) is 18.4 Å². The molecular weight excluding hydrogens is 382 g/mol. The van der Waals surface area contributed by atoms with E-state index >= 15 is 0 Å². The van der Waals surface area contributed by atoms with E-state index in [0.29, 0.717) is 37.9 Å². The van der Waals surface area contributed by atoms with Gasteiger partial charge in [-0.1, -0.05) is 20.8 Å². The summed E-state index contributed by atoms with van der Waals surface area (Å²) in [6.45, 7) is 16.0. The molecule has 27 heavy (non-hydrogen) atoms. The molecule has 9 heteroatoms. The van der Waals surface area contributed by atoms with Crippen molar-refractivity contribution in [2.24, 2.45) is 0 Å². The van der Waals surface area contributed by atoms with Gasteiger partial charge in [-0.15, -0.1) is 0 Å². The first-order valence-electron chi connectivity index (χ1n) is 9.37. The number of rotatable bonds is 5. The first-order valence-corrected chi connectivity index (χ1v) is 14.2. The Morgan fingerprint density at radius 1 is 1.19 bits per heavy atom. The summed E-state index contributed by atoms with van der Waals surface area (Å²) >= 11 is 0. The minimum absolute atomic E-state index is 0.0884. The summed E-state index contributed by atoms with van der Waals surface area (Å²) in [6, 6.07) is 0. The molecule has 1 aliphatic rings. The fourth-order valence-corrected chi connectivity index (χ4v) is 4.07. The van der Waals surface area contributed by atoms with Crippen molar-refractivity contribution in [3.8, 4) is 0 Å². The van der Waals surface area contributed by atoms with Gasteiger partial charge in [0.25, 0.3) is 0 Å². The van der Waals surface area contributed by atoms with E-state index < -0.39 is 18.2 Å². The maximum atomic E-state index is 12.1. The zero-order chi connectivity index (χ0) is 20.5. The van der Waals surface area contributed by atoms with Crippen LogP contribution >= 0.6 is 0 Å². The van der Waals surface area contributed by atoms with Gasteiger partial charge in [-0.05, 0) is 31.5 Å². The zero-order valence-electron chi connectivity index (χ0n) is 17.6. The van der Waals surface area contributed by atoms with Crippen LogP contribution in [0.15, 0.2) is 5.16 Å². The molecule has 0 amide bonds. The van der Waals surface area contributed by atoms with Crippen LogP contribution in [0.3, 0.4) is 0 Å². The minimum atomic E-state index is -3.49. The molecule has 1 saturated heterocycles. The Morgan fingerprint density at radius 3 is 2.44 bits per heavy atom. The van der Waals surface area contributed by atoms with Crippen molar-refractivity contribution in [2.75, 3.05) is 37.5 Å². The molecule has 2 rings (SSSR count). The first kappa shape index (κ1) is 22.3. The Morgan fingerprint density at radius 2 is 1.85 bits per heavy atom. The van der Waals surface area contributed by atoms with Gasteiger partial charge in [-0.2, -0.15) is 0 Å². The third-order valence-electron chi connectivity index (χ3n) is 5.41. The largest absolute Gasteiger partial charge is 0.412 e. The third-order valence-corrected chi connectivity index (χ3v) is 10.7. The van der Waals surface area contributed by atoms with E-state index in [1.54, 1.807) is 0 Å². The van der Waals surface area contributed by atoms with Crippen molar-refractivity contribution in [3.63, 3.8) is 0 Å². The van der Waals surface area contributed by atoms with Crippen molar-refractivity contribution < 1.29 is 17.6 Å². The van der Waals surface area contributed by atoms with Gasteiger partial charge in [0.1, 0.15) is 5.82 Å². The quantitative estimate of drug-likeness (QED) is 0.540. The van der Waals surface area contributed by atoms with Crippen LogP contribution in [0.5, 0.6) is 0 Å². The molecule has 0 unspecified atom stereocenters. The highest BCUT2D eigenvalue weighted by molar-refractivity contribution is 7.90. The van der Waals surface area contributed by atoms with E-state index in [2.05, 4.69) is 48.7 Å². The van der Waals surface area contributed by atoms with Crippen molar-refractivity contribution in [1.82, 2.24) is 9.97 Å². The summed E-state index contributed by atoms with van der Waals surface area (Å²) in [6.07, 6.45) is 2.02. The summed E-state index contributed by atoms with van der Waals surface area (Å²) in [7, 11) is -5.45. The lowest BCUT2D eigenvalue weighted by molar-refractivity contribution is 0.152. The molecule has 2 heterocycles. The van der Waals surface area contributed by atoms with Gasteiger partial charge in [0.15, 0.2) is 8.32 Å². The fourth-order valence-electron chi connectivity index (χ4n) is 2.58. The van der Waals surface area contributed by atoms with E-state index in [1.807, 2.05) is 6.92 Å². The topological polar surface area (TPSA) is 81.6 Å². The van der Waals surface area contributed by atoms with E-state index in [1.165, 1.54) is 0 Å². The average Bonchev–Trinajstić information content (AvgIpc) is 2.80. The molecule has 1 fully saturated rings. The van der Waals surface area contributed by atoms with Crippen molar-refractivity contribution in [1.29, 1.82) is 0 Å². The monoisotopic (exact) mass is 415 g/mol. The van der Waals surface area contributed by atoms with Crippen molar-refractivity contribution in [2.45, 2.75) is 64.0 Å².